The Balaban J connectivity index is 2.48. The van der Waals surface area contributed by atoms with E-state index in [1.54, 1.807) is 19.5 Å². The predicted molar refractivity (Wildman–Crippen MR) is 58.2 cm³/mol. The number of hydrogen-bond donors (Lipinski definition) is 1. The Labute approximate surface area is 87.7 Å². The molecule has 0 unspecified atom stereocenters. The highest BCUT2D eigenvalue weighted by molar-refractivity contribution is 5.87. The number of aromatic amines is 1. The molecule has 0 atom stereocenters. The summed E-state index contributed by atoms with van der Waals surface area (Å²) in [4.78, 5) is 13.7. The predicted octanol–water partition coefficient (Wildman–Crippen LogP) is 2.50. The van der Waals surface area contributed by atoms with Gasteiger partial charge in [-0.1, -0.05) is 12.1 Å². The zero-order chi connectivity index (χ0) is 10.7. The summed E-state index contributed by atoms with van der Waals surface area (Å²) in [6, 6.07) is 7.61. The van der Waals surface area contributed by atoms with Crippen molar-refractivity contribution in [3.63, 3.8) is 0 Å². The van der Waals surface area contributed by atoms with Gasteiger partial charge in [0, 0.05) is 23.5 Å². The molecule has 0 saturated heterocycles. The third-order valence-electron chi connectivity index (χ3n) is 2.29. The van der Waals surface area contributed by atoms with Gasteiger partial charge in [0.1, 0.15) is 5.75 Å². The lowest BCUT2D eigenvalue weighted by Crippen LogP contribution is -1.85. The number of ether oxygens (including phenoxy) is 1. The molecule has 0 saturated carbocycles. The molecule has 0 radical (unpaired) electrons. The van der Waals surface area contributed by atoms with Crippen LogP contribution in [0.15, 0.2) is 36.7 Å². The number of hydrogen-bond acceptors (Lipinski definition) is 2. The molecule has 1 aromatic heterocycles. The number of benzene rings is 1. The van der Waals surface area contributed by atoms with Crippen molar-refractivity contribution in [1.29, 1.82) is 0 Å². The van der Waals surface area contributed by atoms with E-state index >= 15 is 0 Å². The summed E-state index contributed by atoms with van der Waals surface area (Å²) >= 11 is 0. The van der Waals surface area contributed by atoms with Crippen molar-refractivity contribution in [3.8, 4) is 16.9 Å². The number of methoxy groups -OCH3 is 1. The Morgan fingerprint density at radius 3 is 2.93 bits per heavy atom. The van der Waals surface area contributed by atoms with Crippen LogP contribution >= 0.6 is 0 Å². The molecule has 15 heavy (non-hydrogen) atoms. The van der Waals surface area contributed by atoms with Gasteiger partial charge in [-0.05, 0) is 17.7 Å². The van der Waals surface area contributed by atoms with Crippen molar-refractivity contribution in [1.82, 2.24) is 4.98 Å². The fraction of sp³-hybridized carbons (Fsp3) is 0.0833. The van der Waals surface area contributed by atoms with Crippen molar-refractivity contribution in [2.45, 2.75) is 0 Å². The van der Waals surface area contributed by atoms with Crippen molar-refractivity contribution in [3.05, 3.63) is 42.2 Å². The smallest absolute Gasteiger partial charge is 0.152 e. The molecule has 1 aromatic carbocycles. The monoisotopic (exact) mass is 201 g/mol. The number of rotatable bonds is 3. The minimum Gasteiger partial charge on any atom is -0.497 e. The average Bonchev–Trinajstić information content (AvgIpc) is 2.77. The molecule has 0 aliphatic heterocycles. The number of nitrogens with one attached hydrogen (secondary N) is 1. The molecule has 0 bridgehead atoms. The summed E-state index contributed by atoms with van der Waals surface area (Å²) in [5, 5.41) is 0. The van der Waals surface area contributed by atoms with Crippen LogP contribution in [0, 0.1) is 0 Å². The maximum Gasteiger partial charge on any atom is 0.152 e. The minimum atomic E-state index is 0.656. The molecule has 1 heterocycles. The lowest BCUT2D eigenvalue weighted by atomic mass is 10.1. The molecular formula is C12H11NO2. The molecule has 0 amide bonds. The van der Waals surface area contributed by atoms with Crippen LogP contribution in [0.25, 0.3) is 11.1 Å². The Hall–Kier alpha value is -2.03. The molecule has 3 nitrogen and oxygen atoms in total. The van der Waals surface area contributed by atoms with Gasteiger partial charge in [-0.2, -0.15) is 0 Å². The Kier molecular flexibility index (Phi) is 2.54. The summed E-state index contributed by atoms with van der Waals surface area (Å²) in [5.74, 6) is 0.783. The Bertz CT molecular complexity index is 474. The summed E-state index contributed by atoms with van der Waals surface area (Å²) in [6.07, 6.45) is 4.33. The van der Waals surface area contributed by atoms with Crippen LogP contribution in [0.4, 0.5) is 0 Å². The Morgan fingerprint density at radius 1 is 1.33 bits per heavy atom. The third kappa shape index (κ3) is 1.76. The highest BCUT2D eigenvalue weighted by Crippen LogP contribution is 2.25. The van der Waals surface area contributed by atoms with E-state index in [-0.39, 0.29) is 0 Å². The van der Waals surface area contributed by atoms with E-state index in [4.69, 9.17) is 4.74 Å². The van der Waals surface area contributed by atoms with E-state index in [1.807, 2.05) is 24.3 Å². The minimum absolute atomic E-state index is 0.656. The number of H-pyrrole nitrogens is 1. The van der Waals surface area contributed by atoms with E-state index in [0.29, 0.717) is 5.56 Å². The second kappa shape index (κ2) is 4.00. The van der Waals surface area contributed by atoms with Gasteiger partial charge in [-0.15, -0.1) is 0 Å². The van der Waals surface area contributed by atoms with Crippen molar-refractivity contribution in [2.24, 2.45) is 0 Å². The molecule has 0 aliphatic carbocycles. The average molecular weight is 201 g/mol. The molecule has 0 spiro atoms. The summed E-state index contributed by atoms with van der Waals surface area (Å²) in [7, 11) is 1.62. The highest BCUT2D eigenvalue weighted by atomic mass is 16.5. The molecule has 2 aromatic rings. The van der Waals surface area contributed by atoms with Gasteiger partial charge in [0.2, 0.25) is 0 Å². The van der Waals surface area contributed by atoms with Crippen LogP contribution in [0.2, 0.25) is 0 Å². The maximum absolute atomic E-state index is 10.8. The summed E-state index contributed by atoms with van der Waals surface area (Å²) in [6.45, 7) is 0. The van der Waals surface area contributed by atoms with E-state index < -0.39 is 0 Å². The number of carbonyl (C=O) groups is 1. The van der Waals surface area contributed by atoms with Crippen LogP contribution in [-0.4, -0.2) is 18.4 Å². The number of aromatic nitrogens is 1. The lowest BCUT2D eigenvalue weighted by Gasteiger charge is -2.03. The molecule has 0 fully saturated rings. The zero-order valence-corrected chi connectivity index (χ0v) is 8.36. The summed E-state index contributed by atoms with van der Waals surface area (Å²) < 4.78 is 5.13. The normalized spacial score (nSPS) is 9.93. The quantitative estimate of drug-likeness (QED) is 0.775. The first-order valence-corrected chi connectivity index (χ1v) is 4.61. The van der Waals surface area contributed by atoms with Crippen molar-refractivity contribution >= 4 is 6.29 Å². The van der Waals surface area contributed by atoms with Gasteiger partial charge in [-0.3, -0.25) is 4.79 Å². The highest BCUT2D eigenvalue weighted by Gasteiger charge is 2.05. The first kappa shape index (κ1) is 9.52. The van der Waals surface area contributed by atoms with Gasteiger partial charge in [-0.25, -0.2) is 0 Å². The largest absolute Gasteiger partial charge is 0.497 e. The molecule has 1 N–H and O–H groups in total. The van der Waals surface area contributed by atoms with E-state index in [2.05, 4.69) is 4.98 Å². The Morgan fingerprint density at radius 2 is 2.20 bits per heavy atom. The van der Waals surface area contributed by atoms with Crippen LogP contribution in [-0.2, 0) is 0 Å². The standard InChI is InChI=1S/C12H11NO2/c1-15-11-4-2-3-9(5-11)12-7-13-6-10(12)8-14/h2-8,13H,1H3. The van der Waals surface area contributed by atoms with E-state index in [0.717, 1.165) is 23.2 Å². The van der Waals surface area contributed by atoms with E-state index in [1.165, 1.54) is 0 Å². The topological polar surface area (TPSA) is 42.1 Å². The number of carbonyl (C=O) groups excluding carboxylic acids is 1. The van der Waals surface area contributed by atoms with Crippen molar-refractivity contribution < 1.29 is 9.53 Å². The maximum atomic E-state index is 10.8. The van der Waals surface area contributed by atoms with Gasteiger partial charge in [0.15, 0.2) is 6.29 Å². The van der Waals surface area contributed by atoms with Gasteiger partial charge >= 0.3 is 0 Å². The molecular weight excluding hydrogens is 190 g/mol. The second-order valence-electron chi connectivity index (χ2n) is 3.17. The van der Waals surface area contributed by atoms with Crippen LogP contribution in [0.1, 0.15) is 10.4 Å². The first-order chi connectivity index (χ1) is 7.35. The van der Waals surface area contributed by atoms with Gasteiger partial charge < -0.3 is 9.72 Å². The third-order valence-corrected chi connectivity index (χ3v) is 2.29. The fourth-order valence-corrected chi connectivity index (χ4v) is 1.51. The second-order valence-corrected chi connectivity index (χ2v) is 3.17. The zero-order valence-electron chi connectivity index (χ0n) is 8.36. The number of aldehydes is 1. The molecule has 3 heteroatoms. The van der Waals surface area contributed by atoms with Crippen LogP contribution in [0.5, 0.6) is 5.75 Å². The molecule has 76 valence electrons. The lowest BCUT2D eigenvalue weighted by molar-refractivity contribution is 0.112. The molecule has 0 aliphatic rings. The van der Waals surface area contributed by atoms with E-state index in [9.17, 15) is 4.79 Å². The fourth-order valence-electron chi connectivity index (χ4n) is 1.51. The molecule has 2 rings (SSSR count). The van der Waals surface area contributed by atoms with Crippen molar-refractivity contribution in [2.75, 3.05) is 7.11 Å². The summed E-state index contributed by atoms with van der Waals surface area (Å²) in [5.41, 5.74) is 2.52. The van der Waals surface area contributed by atoms with Crippen LogP contribution in [0.3, 0.4) is 0 Å². The van der Waals surface area contributed by atoms with Crippen LogP contribution < -0.4 is 4.74 Å². The SMILES string of the molecule is COc1cccc(-c2c[nH]cc2C=O)c1. The van der Waals surface area contributed by atoms with Gasteiger partial charge in [0.25, 0.3) is 0 Å². The first-order valence-electron chi connectivity index (χ1n) is 4.61. The van der Waals surface area contributed by atoms with Gasteiger partial charge in [0.05, 0.1) is 7.11 Å².